The van der Waals surface area contributed by atoms with E-state index in [4.69, 9.17) is 4.74 Å². The number of ether oxygens (including phenoxy) is 1. The van der Waals surface area contributed by atoms with Crippen molar-refractivity contribution in [3.63, 3.8) is 0 Å². The molecule has 1 aromatic heterocycles. The molecular weight excluding hydrogens is 298 g/mol. The van der Waals surface area contributed by atoms with Crippen molar-refractivity contribution in [3.05, 3.63) is 22.4 Å². The van der Waals surface area contributed by atoms with Gasteiger partial charge < -0.3 is 20.1 Å². The first-order chi connectivity index (χ1) is 10.6. The molecule has 1 fully saturated rings. The van der Waals surface area contributed by atoms with Gasteiger partial charge in [0, 0.05) is 51.1 Å². The molecule has 0 saturated carbocycles. The Morgan fingerprint density at radius 3 is 2.91 bits per heavy atom. The summed E-state index contributed by atoms with van der Waals surface area (Å²) < 4.78 is 5.31. The summed E-state index contributed by atoms with van der Waals surface area (Å²) in [6, 6.07) is 4.24. The molecule has 124 valence electrons. The van der Waals surface area contributed by atoms with E-state index in [0.29, 0.717) is 32.6 Å². The molecular formula is C16H27N3O2S. The van der Waals surface area contributed by atoms with E-state index in [-0.39, 0.29) is 0 Å². The lowest BCUT2D eigenvalue weighted by molar-refractivity contribution is -0.0566. The SMILES string of the molecule is CCNC(=NCC1(O)CCOCC1)N(C)CCc1cccs1. The van der Waals surface area contributed by atoms with Gasteiger partial charge in [0.25, 0.3) is 0 Å². The Labute approximate surface area is 137 Å². The Balaban J connectivity index is 1.90. The van der Waals surface area contributed by atoms with Gasteiger partial charge in [-0.2, -0.15) is 0 Å². The minimum absolute atomic E-state index is 0.433. The number of nitrogens with zero attached hydrogens (tertiary/aromatic N) is 2. The minimum Gasteiger partial charge on any atom is -0.388 e. The zero-order valence-electron chi connectivity index (χ0n) is 13.5. The normalized spacial score (nSPS) is 18.2. The van der Waals surface area contributed by atoms with Crippen LogP contribution in [0.25, 0.3) is 0 Å². The predicted octanol–water partition coefficient (Wildman–Crippen LogP) is 1.73. The standard InChI is InChI=1S/C16H27N3O2S/c1-3-17-15(18-13-16(20)7-10-21-11-8-16)19(2)9-6-14-5-4-12-22-14/h4-5,12,20H,3,6-11,13H2,1-2H3,(H,17,18). The number of hydrogen-bond acceptors (Lipinski definition) is 4. The van der Waals surface area contributed by atoms with Crippen LogP contribution in [0.5, 0.6) is 0 Å². The van der Waals surface area contributed by atoms with Crippen LogP contribution < -0.4 is 5.32 Å². The molecule has 1 aliphatic heterocycles. The van der Waals surface area contributed by atoms with Crippen LogP contribution in [0.4, 0.5) is 0 Å². The highest BCUT2D eigenvalue weighted by molar-refractivity contribution is 7.09. The molecule has 0 unspecified atom stereocenters. The van der Waals surface area contributed by atoms with E-state index in [2.05, 4.69) is 39.6 Å². The Hall–Kier alpha value is -1.11. The van der Waals surface area contributed by atoms with Gasteiger partial charge in [-0.25, -0.2) is 0 Å². The van der Waals surface area contributed by atoms with Crippen molar-refractivity contribution in [2.45, 2.75) is 31.8 Å². The first-order valence-corrected chi connectivity index (χ1v) is 8.83. The molecule has 6 heteroatoms. The fraction of sp³-hybridized carbons (Fsp3) is 0.688. The smallest absolute Gasteiger partial charge is 0.193 e. The van der Waals surface area contributed by atoms with E-state index in [9.17, 15) is 5.11 Å². The lowest BCUT2D eigenvalue weighted by atomic mass is 9.95. The summed E-state index contributed by atoms with van der Waals surface area (Å²) in [6.07, 6.45) is 2.33. The third-order valence-electron chi connectivity index (χ3n) is 3.92. The van der Waals surface area contributed by atoms with Gasteiger partial charge in [0.2, 0.25) is 0 Å². The second-order valence-corrected chi connectivity index (χ2v) is 6.79. The van der Waals surface area contributed by atoms with Crippen LogP contribution in [0.3, 0.4) is 0 Å². The number of guanidine groups is 1. The summed E-state index contributed by atoms with van der Waals surface area (Å²) in [5, 5.41) is 15.9. The number of rotatable bonds is 6. The van der Waals surface area contributed by atoms with Crippen LogP contribution in [0.2, 0.25) is 0 Å². The molecule has 1 saturated heterocycles. The predicted molar refractivity (Wildman–Crippen MR) is 91.6 cm³/mol. The number of likely N-dealkylation sites (N-methyl/N-ethyl adjacent to an activating group) is 1. The summed E-state index contributed by atoms with van der Waals surface area (Å²) in [5.74, 6) is 0.860. The first kappa shape index (κ1) is 17.2. The molecule has 2 rings (SSSR count). The quantitative estimate of drug-likeness (QED) is 0.618. The fourth-order valence-corrected chi connectivity index (χ4v) is 3.14. The summed E-state index contributed by atoms with van der Waals surface area (Å²) in [7, 11) is 2.04. The summed E-state index contributed by atoms with van der Waals surface area (Å²) in [6.45, 7) is 5.47. The van der Waals surface area contributed by atoms with Crippen LogP contribution in [0.1, 0.15) is 24.6 Å². The number of thiophene rings is 1. The minimum atomic E-state index is -0.715. The Kier molecular flexibility index (Phi) is 6.67. The Morgan fingerprint density at radius 1 is 1.50 bits per heavy atom. The van der Waals surface area contributed by atoms with E-state index in [1.54, 1.807) is 11.3 Å². The molecule has 2 N–H and O–H groups in total. The lowest BCUT2D eigenvalue weighted by Gasteiger charge is -2.31. The molecule has 0 atom stereocenters. The molecule has 5 nitrogen and oxygen atoms in total. The van der Waals surface area contributed by atoms with Crippen LogP contribution in [0, 0.1) is 0 Å². The number of aliphatic imine (C=N–C) groups is 1. The van der Waals surface area contributed by atoms with E-state index in [0.717, 1.165) is 25.5 Å². The molecule has 1 aromatic rings. The Bertz CT molecular complexity index is 456. The van der Waals surface area contributed by atoms with Crippen molar-refractivity contribution >= 4 is 17.3 Å². The average Bonchev–Trinajstić information content (AvgIpc) is 3.03. The molecule has 0 radical (unpaired) electrons. The van der Waals surface area contributed by atoms with E-state index < -0.39 is 5.60 Å². The maximum atomic E-state index is 10.5. The van der Waals surface area contributed by atoms with Crippen molar-refractivity contribution in [3.8, 4) is 0 Å². The fourth-order valence-electron chi connectivity index (χ4n) is 2.44. The molecule has 22 heavy (non-hydrogen) atoms. The van der Waals surface area contributed by atoms with Crippen LogP contribution in [-0.4, -0.2) is 61.5 Å². The largest absolute Gasteiger partial charge is 0.388 e. The second kappa shape index (κ2) is 8.50. The maximum Gasteiger partial charge on any atom is 0.193 e. The second-order valence-electron chi connectivity index (χ2n) is 5.76. The molecule has 0 bridgehead atoms. The number of aliphatic hydroxyl groups is 1. The van der Waals surface area contributed by atoms with E-state index in [1.807, 2.05) is 7.05 Å². The number of nitrogens with one attached hydrogen (secondary N) is 1. The van der Waals surface area contributed by atoms with Gasteiger partial charge in [0.1, 0.15) is 0 Å². The third-order valence-corrected chi connectivity index (χ3v) is 4.85. The highest BCUT2D eigenvalue weighted by Crippen LogP contribution is 2.20. The van der Waals surface area contributed by atoms with Crippen molar-refractivity contribution in [2.75, 3.05) is 39.9 Å². The van der Waals surface area contributed by atoms with Gasteiger partial charge in [-0.1, -0.05) is 6.07 Å². The maximum absolute atomic E-state index is 10.5. The van der Waals surface area contributed by atoms with Gasteiger partial charge in [-0.05, 0) is 24.8 Å². The highest BCUT2D eigenvalue weighted by atomic mass is 32.1. The highest BCUT2D eigenvalue weighted by Gasteiger charge is 2.29. The van der Waals surface area contributed by atoms with E-state index in [1.165, 1.54) is 4.88 Å². The number of hydrogen-bond donors (Lipinski definition) is 2. The van der Waals surface area contributed by atoms with Crippen molar-refractivity contribution in [2.24, 2.45) is 4.99 Å². The van der Waals surface area contributed by atoms with Gasteiger partial charge in [0.15, 0.2) is 5.96 Å². The summed E-state index contributed by atoms with van der Waals surface area (Å²) >= 11 is 1.78. The van der Waals surface area contributed by atoms with Crippen LogP contribution in [-0.2, 0) is 11.2 Å². The van der Waals surface area contributed by atoms with Gasteiger partial charge in [-0.3, -0.25) is 4.99 Å². The van der Waals surface area contributed by atoms with Crippen LogP contribution in [0.15, 0.2) is 22.5 Å². The first-order valence-electron chi connectivity index (χ1n) is 7.95. The molecule has 0 spiro atoms. The molecule has 2 heterocycles. The zero-order chi connectivity index (χ0) is 15.8. The topological polar surface area (TPSA) is 57.1 Å². The molecule has 0 aromatic carbocycles. The summed E-state index contributed by atoms with van der Waals surface area (Å²) in [4.78, 5) is 8.15. The van der Waals surface area contributed by atoms with Crippen molar-refractivity contribution < 1.29 is 9.84 Å². The van der Waals surface area contributed by atoms with Gasteiger partial charge in [-0.15, -0.1) is 11.3 Å². The average molecular weight is 325 g/mol. The lowest BCUT2D eigenvalue weighted by Crippen LogP contribution is -2.43. The molecule has 1 aliphatic rings. The monoisotopic (exact) mass is 325 g/mol. The van der Waals surface area contributed by atoms with Gasteiger partial charge >= 0.3 is 0 Å². The third kappa shape index (κ3) is 5.26. The van der Waals surface area contributed by atoms with E-state index >= 15 is 0 Å². The van der Waals surface area contributed by atoms with Crippen LogP contribution >= 0.6 is 11.3 Å². The summed E-state index contributed by atoms with van der Waals surface area (Å²) in [5.41, 5.74) is -0.715. The molecule has 0 aliphatic carbocycles. The van der Waals surface area contributed by atoms with Crippen molar-refractivity contribution in [1.29, 1.82) is 0 Å². The van der Waals surface area contributed by atoms with Crippen molar-refractivity contribution in [1.82, 2.24) is 10.2 Å². The zero-order valence-corrected chi connectivity index (χ0v) is 14.4. The Morgan fingerprint density at radius 2 is 2.27 bits per heavy atom. The molecule has 0 amide bonds. The van der Waals surface area contributed by atoms with Gasteiger partial charge in [0.05, 0.1) is 12.1 Å².